The molecule has 1 unspecified atom stereocenters. The summed E-state index contributed by atoms with van der Waals surface area (Å²) in [5.41, 5.74) is 17.7. The molecule has 0 aromatic heterocycles. The molecule has 40 heavy (non-hydrogen) atoms. The van der Waals surface area contributed by atoms with Gasteiger partial charge in [-0.1, -0.05) is 70.2 Å². The minimum atomic E-state index is 0.364. The van der Waals surface area contributed by atoms with E-state index in [0.717, 1.165) is 6.42 Å². The number of allylic oxidation sites excluding steroid dienone is 3. The van der Waals surface area contributed by atoms with Gasteiger partial charge in [0.25, 0.3) is 0 Å². The van der Waals surface area contributed by atoms with Gasteiger partial charge in [0.1, 0.15) is 0 Å². The molecule has 2 aliphatic carbocycles. The Bertz CT molecular complexity index is 1630. The summed E-state index contributed by atoms with van der Waals surface area (Å²) < 4.78 is 0. The average molecular weight is 526 g/mol. The van der Waals surface area contributed by atoms with Crippen LogP contribution in [0.25, 0.3) is 22.0 Å². The van der Waals surface area contributed by atoms with E-state index in [0.29, 0.717) is 17.8 Å². The van der Waals surface area contributed by atoms with Crippen LogP contribution in [-0.2, 0) is 6.42 Å². The summed E-state index contributed by atoms with van der Waals surface area (Å²) in [4.78, 5) is 2.54. The predicted molar refractivity (Wildman–Crippen MR) is 175 cm³/mol. The predicted octanol–water partition coefficient (Wildman–Crippen LogP) is 10.9. The number of hydrogen-bond donors (Lipinski definition) is 0. The first-order valence-corrected chi connectivity index (χ1v) is 15.0. The Morgan fingerprint density at radius 1 is 0.725 bits per heavy atom. The highest BCUT2D eigenvalue weighted by atomic mass is 15.2. The summed E-state index contributed by atoms with van der Waals surface area (Å²) in [5.74, 6) is 1.35. The van der Waals surface area contributed by atoms with Crippen LogP contribution in [0.4, 0.5) is 11.4 Å². The van der Waals surface area contributed by atoms with Crippen molar-refractivity contribution in [1.29, 1.82) is 0 Å². The van der Waals surface area contributed by atoms with Crippen molar-refractivity contribution < 1.29 is 0 Å². The summed E-state index contributed by atoms with van der Waals surface area (Å²) in [7, 11) is 0. The van der Waals surface area contributed by atoms with Crippen molar-refractivity contribution in [1.82, 2.24) is 0 Å². The van der Waals surface area contributed by atoms with Crippen LogP contribution in [0, 0.1) is 46.5 Å². The first-order chi connectivity index (χ1) is 19.0. The Morgan fingerprint density at radius 2 is 1.30 bits per heavy atom. The van der Waals surface area contributed by atoms with Gasteiger partial charge in [-0.3, -0.25) is 0 Å². The largest absolute Gasteiger partial charge is 0.310 e. The summed E-state index contributed by atoms with van der Waals surface area (Å²) in [6, 6.07) is 21.2. The number of rotatable bonds is 5. The highest BCUT2D eigenvalue weighted by Crippen LogP contribution is 2.51. The average Bonchev–Trinajstić information content (AvgIpc) is 2.87. The Labute approximate surface area is 241 Å². The van der Waals surface area contributed by atoms with Crippen LogP contribution in [-0.4, -0.2) is 0 Å². The van der Waals surface area contributed by atoms with E-state index in [1.807, 2.05) is 0 Å². The molecule has 1 atom stereocenters. The van der Waals surface area contributed by atoms with Gasteiger partial charge in [-0.15, -0.1) is 0 Å². The van der Waals surface area contributed by atoms with E-state index in [4.69, 9.17) is 0 Å². The highest BCUT2D eigenvalue weighted by molar-refractivity contribution is 6.08. The Morgan fingerprint density at radius 3 is 1.82 bits per heavy atom. The van der Waals surface area contributed by atoms with Gasteiger partial charge in [0, 0.05) is 22.9 Å². The maximum Gasteiger partial charge on any atom is 0.0506 e. The molecule has 4 aromatic rings. The zero-order chi connectivity index (χ0) is 28.5. The maximum absolute atomic E-state index is 2.57. The van der Waals surface area contributed by atoms with Crippen LogP contribution in [0.2, 0.25) is 0 Å². The molecule has 0 heterocycles. The van der Waals surface area contributed by atoms with Gasteiger partial charge in [-0.2, -0.15) is 0 Å². The number of aryl methyl sites for hydroxylation is 5. The lowest BCUT2D eigenvalue weighted by atomic mass is 9.71. The number of hydrogen-bond acceptors (Lipinski definition) is 1. The molecule has 2 aliphatic rings. The zero-order valence-corrected chi connectivity index (χ0v) is 25.7. The fraction of sp³-hybridized carbons (Fsp3) is 0.333. The topological polar surface area (TPSA) is 3.24 Å². The molecular formula is C39H43N. The molecule has 0 bridgehead atoms. The SMILES string of the molecule is Cc1cc(C)cc(N(C2=CC(C(C)C)C3=CCc4c(C)cc(C(C)C)c5ccc2c3c45)c2cc(C)cc(C)c2)c1. The minimum absolute atomic E-state index is 0.364. The van der Waals surface area contributed by atoms with E-state index in [1.165, 1.54) is 83.5 Å². The van der Waals surface area contributed by atoms with Crippen LogP contribution in [0.5, 0.6) is 0 Å². The number of benzene rings is 4. The third kappa shape index (κ3) is 4.31. The van der Waals surface area contributed by atoms with Crippen LogP contribution < -0.4 is 4.90 Å². The second-order valence-electron chi connectivity index (χ2n) is 13.0. The third-order valence-corrected chi connectivity index (χ3v) is 8.96. The van der Waals surface area contributed by atoms with E-state index >= 15 is 0 Å². The molecule has 4 aromatic carbocycles. The molecule has 0 amide bonds. The molecule has 0 N–H and O–H groups in total. The molecule has 6 rings (SSSR count). The summed E-state index contributed by atoms with van der Waals surface area (Å²) in [6.07, 6.45) is 6.14. The summed E-state index contributed by atoms with van der Waals surface area (Å²) >= 11 is 0. The monoisotopic (exact) mass is 525 g/mol. The van der Waals surface area contributed by atoms with Gasteiger partial charge in [0.2, 0.25) is 0 Å². The lowest BCUT2D eigenvalue weighted by Crippen LogP contribution is -2.25. The molecule has 1 nitrogen and oxygen atoms in total. The normalized spacial score (nSPS) is 16.0. The molecule has 0 spiro atoms. The Balaban J connectivity index is 1.72. The van der Waals surface area contributed by atoms with Crippen molar-refractivity contribution in [3.63, 3.8) is 0 Å². The van der Waals surface area contributed by atoms with E-state index < -0.39 is 0 Å². The van der Waals surface area contributed by atoms with Gasteiger partial charge in [0.05, 0.1) is 5.70 Å². The quantitative estimate of drug-likeness (QED) is 0.250. The second kappa shape index (κ2) is 9.81. The molecule has 0 saturated carbocycles. The van der Waals surface area contributed by atoms with Gasteiger partial charge in [0.15, 0.2) is 0 Å². The zero-order valence-electron chi connectivity index (χ0n) is 25.7. The van der Waals surface area contributed by atoms with Crippen molar-refractivity contribution in [3.8, 4) is 0 Å². The van der Waals surface area contributed by atoms with E-state index in [-0.39, 0.29) is 0 Å². The van der Waals surface area contributed by atoms with E-state index in [2.05, 4.69) is 134 Å². The van der Waals surface area contributed by atoms with Crippen molar-refractivity contribution in [2.75, 3.05) is 4.90 Å². The smallest absolute Gasteiger partial charge is 0.0506 e. The van der Waals surface area contributed by atoms with Gasteiger partial charge in [-0.05, 0) is 138 Å². The maximum atomic E-state index is 2.57. The fourth-order valence-electron chi connectivity index (χ4n) is 7.31. The van der Waals surface area contributed by atoms with Crippen LogP contribution >= 0.6 is 0 Å². The van der Waals surface area contributed by atoms with Crippen molar-refractivity contribution >= 4 is 33.4 Å². The number of nitrogens with zero attached hydrogens (tertiary/aromatic N) is 1. The molecule has 0 saturated heterocycles. The fourth-order valence-corrected chi connectivity index (χ4v) is 7.31. The first-order valence-electron chi connectivity index (χ1n) is 15.0. The van der Waals surface area contributed by atoms with Crippen molar-refractivity contribution in [2.45, 2.75) is 74.7 Å². The van der Waals surface area contributed by atoms with E-state index in [1.54, 1.807) is 0 Å². The summed E-state index contributed by atoms with van der Waals surface area (Å²) in [6.45, 7) is 20.6. The molecular weight excluding hydrogens is 482 g/mol. The molecule has 0 aliphatic heterocycles. The Kier molecular flexibility index (Phi) is 6.53. The third-order valence-electron chi connectivity index (χ3n) is 8.96. The van der Waals surface area contributed by atoms with Crippen LogP contribution in [0.15, 0.2) is 66.7 Å². The number of anilines is 2. The molecule has 0 fully saturated rings. The van der Waals surface area contributed by atoms with E-state index in [9.17, 15) is 0 Å². The van der Waals surface area contributed by atoms with Gasteiger partial charge < -0.3 is 4.90 Å². The molecule has 204 valence electrons. The van der Waals surface area contributed by atoms with Crippen molar-refractivity contribution in [2.24, 2.45) is 11.8 Å². The van der Waals surface area contributed by atoms with Crippen LogP contribution in [0.3, 0.4) is 0 Å². The van der Waals surface area contributed by atoms with Gasteiger partial charge >= 0.3 is 0 Å². The molecule has 1 heteroatoms. The lowest BCUT2D eigenvalue weighted by molar-refractivity contribution is 0.560. The van der Waals surface area contributed by atoms with Crippen LogP contribution in [0.1, 0.15) is 83.7 Å². The van der Waals surface area contributed by atoms with Crippen molar-refractivity contribution in [3.05, 3.63) is 117 Å². The first kappa shape index (κ1) is 26.6. The summed E-state index contributed by atoms with van der Waals surface area (Å²) in [5, 5.41) is 2.93. The lowest BCUT2D eigenvalue weighted by Gasteiger charge is -2.39. The standard InChI is InChI=1S/C39H43N/c1-22(2)35-20-28(9)31-10-11-33-36(23(3)4)21-37(34-13-12-32(35)38(31)39(33)34)40(29-16-24(5)14-25(6)17-29)30-18-26(7)15-27(8)19-30/h11-23,36H,10H2,1-9H3. The highest BCUT2D eigenvalue weighted by Gasteiger charge is 2.34. The Hall–Kier alpha value is -3.58. The minimum Gasteiger partial charge on any atom is -0.310 e. The second-order valence-corrected chi connectivity index (χ2v) is 13.0. The molecule has 0 radical (unpaired) electrons. The van der Waals surface area contributed by atoms with Gasteiger partial charge in [-0.25, -0.2) is 0 Å².